The van der Waals surface area contributed by atoms with Crippen LogP contribution in [0.2, 0.25) is 0 Å². The molecule has 0 aromatic heterocycles. The number of carbonyl (C=O) groups is 1. The number of carbonyl (C=O) groups excluding carboxylic acids is 1. The molecule has 1 aliphatic heterocycles. The molecule has 0 aliphatic carbocycles. The van der Waals surface area contributed by atoms with Gasteiger partial charge in [0.1, 0.15) is 0 Å². The number of hydrogen-bond acceptors (Lipinski definition) is 3. The second-order valence-electron chi connectivity index (χ2n) is 4.78. The highest BCUT2D eigenvalue weighted by atomic mass is 79.9. The Kier molecular flexibility index (Phi) is 7.95. The Morgan fingerprint density at radius 2 is 2.20 bits per heavy atom. The number of halogens is 2. The lowest BCUT2D eigenvalue weighted by molar-refractivity contribution is -0.122. The van der Waals surface area contributed by atoms with Crippen LogP contribution in [0.3, 0.4) is 0 Å². The van der Waals surface area contributed by atoms with Gasteiger partial charge < -0.3 is 10.6 Å². The average Bonchev–Trinajstić information content (AvgIpc) is 2.93. The summed E-state index contributed by atoms with van der Waals surface area (Å²) in [5, 5.41) is 6.60. The van der Waals surface area contributed by atoms with Gasteiger partial charge in [-0.05, 0) is 43.7 Å². The summed E-state index contributed by atoms with van der Waals surface area (Å²) in [6.45, 7) is 3.80. The lowest BCUT2D eigenvalue weighted by atomic mass is 10.2. The minimum absolute atomic E-state index is 0. The molecule has 0 radical (unpaired) electrons. The highest BCUT2D eigenvalue weighted by Gasteiger charge is 2.21. The van der Waals surface area contributed by atoms with Crippen LogP contribution in [0.5, 0.6) is 0 Å². The van der Waals surface area contributed by atoms with Crippen LogP contribution in [0, 0.1) is 0 Å². The van der Waals surface area contributed by atoms with Crippen LogP contribution in [0.15, 0.2) is 33.6 Å². The molecule has 0 bridgehead atoms. The van der Waals surface area contributed by atoms with E-state index in [0.29, 0.717) is 11.8 Å². The molecule has 1 saturated heterocycles. The van der Waals surface area contributed by atoms with Gasteiger partial charge in [-0.15, -0.1) is 24.2 Å². The Labute approximate surface area is 139 Å². The zero-order chi connectivity index (χ0) is 13.7. The third-order valence-corrected chi connectivity index (χ3v) is 4.73. The van der Waals surface area contributed by atoms with Crippen molar-refractivity contribution in [2.45, 2.75) is 36.0 Å². The van der Waals surface area contributed by atoms with Crippen LogP contribution in [-0.4, -0.2) is 30.3 Å². The molecular formula is C14H20BrClN2OS. The van der Waals surface area contributed by atoms with Crippen molar-refractivity contribution < 1.29 is 4.79 Å². The third kappa shape index (κ3) is 5.64. The van der Waals surface area contributed by atoms with E-state index in [1.165, 1.54) is 4.90 Å². The average molecular weight is 380 g/mol. The summed E-state index contributed by atoms with van der Waals surface area (Å²) in [4.78, 5) is 13.1. The lowest BCUT2D eigenvalue weighted by Crippen LogP contribution is -2.42. The summed E-state index contributed by atoms with van der Waals surface area (Å²) < 4.78 is 1.09. The number of hydrogen-bond donors (Lipinski definition) is 2. The van der Waals surface area contributed by atoms with Crippen molar-refractivity contribution in [3.05, 3.63) is 28.7 Å². The van der Waals surface area contributed by atoms with E-state index in [-0.39, 0.29) is 24.4 Å². The van der Waals surface area contributed by atoms with Crippen molar-refractivity contribution in [3.63, 3.8) is 0 Å². The van der Waals surface area contributed by atoms with Crippen LogP contribution < -0.4 is 10.6 Å². The molecular weight excluding hydrogens is 360 g/mol. The molecule has 1 heterocycles. The van der Waals surface area contributed by atoms with E-state index in [9.17, 15) is 4.79 Å². The topological polar surface area (TPSA) is 41.1 Å². The molecule has 6 heteroatoms. The van der Waals surface area contributed by atoms with Gasteiger partial charge in [0.25, 0.3) is 0 Å². The Bertz CT molecular complexity index is 424. The number of nitrogens with one attached hydrogen (secondary N) is 2. The zero-order valence-corrected chi connectivity index (χ0v) is 14.6. The van der Waals surface area contributed by atoms with Gasteiger partial charge >= 0.3 is 0 Å². The van der Waals surface area contributed by atoms with Gasteiger partial charge in [-0.3, -0.25) is 4.79 Å². The second-order valence-corrected chi connectivity index (χ2v) is 7.20. The first-order valence-electron chi connectivity index (χ1n) is 6.58. The fraction of sp³-hybridized carbons (Fsp3) is 0.500. The molecule has 1 aromatic rings. The highest BCUT2D eigenvalue weighted by molar-refractivity contribution is 9.10. The minimum atomic E-state index is 0. The van der Waals surface area contributed by atoms with Crippen LogP contribution in [0.4, 0.5) is 0 Å². The van der Waals surface area contributed by atoms with Gasteiger partial charge in [-0.2, -0.15) is 0 Å². The fourth-order valence-corrected chi connectivity index (χ4v) is 3.25. The van der Waals surface area contributed by atoms with E-state index in [0.717, 1.165) is 23.9 Å². The first-order chi connectivity index (χ1) is 9.15. The SMILES string of the molecule is CC(CNC(=O)C1CCCN1)Sc1ccc(Br)cc1.Cl. The summed E-state index contributed by atoms with van der Waals surface area (Å²) in [5.41, 5.74) is 0. The number of benzene rings is 1. The third-order valence-electron chi connectivity index (χ3n) is 3.09. The Hall–Kier alpha value is -0.230. The molecule has 1 fully saturated rings. The number of thioether (sulfide) groups is 1. The summed E-state index contributed by atoms with van der Waals surface area (Å²) in [6.07, 6.45) is 2.06. The first kappa shape index (κ1) is 17.8. The van der Waals surface area contributed by atoms with E-state index in [1.54, 1.807) is 11.8 Å². The Morgan fingerprint density at radius 1 is 1.50 bits per heavy atom. The lowest BCUT2D eigenvalue weighted by Gasteiger charge is -2.15. The first-order valence-corrected chi connectivity index (χ1v) is 8.26. The van der Waals surface area contributed by atoms with Crippen molar-refractivity contribution in [2.75, 3.05) is 13.1 Å². The number of amides is 1. The van der Waals surface area contributed by atoms with Crippen LogP contribution in [-0.2, 0) is 4.79 Å². The molecule has 2 N–H and O–H groups in total. The molecule has 1 aliphatic rings. The molecule has 112 valence electrons. The Balaban J connectivity index is 0.00000200. The van der Waals surface area contributed by atoms with E-state index >= 15 is 0 Å². The minimum Gasteiger partial charge on any atom is -0.354 e. The molecule has 1 aromatic carbocycles. The van der Waals surface area contributed by atoms with Gasteiger partial charge in [-0.25, -0.2) is 0 Å². The van der Waals surface area contributed by atoms with Crippen molar-refractivity contribution in [1.82, 2.24) is 10.6 Å². The standard InChI is InChI=1S/C14H19BrN2OS.ClH/c1-10(19-12-6-4-11(15)5-7-12)9-17-14(18)13-3-2-8-16-13;/h4-7,10,13,16H,2-3,8-9H2,1H3,(H,17,18);1H. The van der Waals surface area contributed by atoms with Crippen molar-refractivity contribution in [1.29, 1.82) is 0 Å². The molecule has 2 unspecified atom stereocenters. The maximum Gasteiger partial charge on any atom is 0.237 e. The summed E-state index contributed by atoms with van der Waals surface area (Å²) in [5.74, 6) is 0.140. The van der Waals surface area contributed by atoms with Gasteiger partial charge in [0.05, 0.1) is 6.04 Å². The summed E-state index contributed by atoms with van der Waals surface area (Å²) in [6, 6.07) is 8.27. The van der Waals surface area contributed by atoms with Crippen LogP contribution >= 0.6 is 40.1 Å². The fourth-order valence-electron chi connectivity index (χ4n) is 2.06. The monoisotopic (exact) mass is 378 g/mol. The van der Waals surface area contributed by atoms with Crippen molar-refractivity contribution >= 4 is 46.0 Å². The van der Waals surface area contributed by atoms with Gasteiger partial charge in [0.15, 0.2) is 0 Å². The van der Waals surface area contributed by atoms with E-state index in [4.69, 9.17) is 0 Å². The normalized spacial score (nSPS) is 19.2. The van der Waals surface area contributed by atoms with Crippen LogP contribution in [0.1, 0.15) is 19.8 Å². The number of rotatable bonds is 5. The maximum atomic E-state index is 11.9. The molecule has 20 heavy (non-hydrogen) atoms. The van der Waals surface area contributed by atoms with Crippen LogP contribution in [0.25, 0.3) is 0 Å². The summed E-state index contributed by atoms with van der Waals surface area (Å²) in [7, 11) is 0. The quantitative estimate of drug-likeness (QED) is 0.772. The highest BCUT2D eigenvalue weighted by Crippen LogP contribution is 2.24. The largest absolute Gasteiger partial charge is 0.354 e. The van der Waals surface area contributed by atoms with E-state index in [1.807, 2.05) is 12.1 Å². The van der Waals surface area contributed by atoms with E-state index in [2.05, 4.69) is 45.6 Å². The second kappa shape index (κ2) is 8.93. The van der Waals surface area contributed by atoms with Gasteiger partial charge in [0.2, 0.25) is 5.91 Å². The smallest absolute Gasteiger partial charge is 0.237 e. The predicted octanol–water partition coefficient (Wildman–Crippen LogP) is 3.22. The molecule has 2 atom stereocenters. The maximum absolute atomic E-state index is 11.9. The molecule has 3 nitrogen and oxygen atoms in total. The van der Waals surface area contributed by atoms with Gasteiger partial charge in [0, 0.05) is 21.2 Å². The molecule has 2 rings (SSSR count). The predicted molar refractivity (Wildman–Crippen MR) is 90.7 cm³/mol. The molecule has 1 amide bonds. The summed E-state index contributed by atoms with van der Waals surface area (Å²) >= 11 is 5.21. The molecule has 0 saturated carbocycles. The zero-order valence-electron chi connectivity index (χ0n) is 11.4. The van der Waals surface area contributed by atoms with E-state index < -0.39 is 0 Å². The van der Waals surface area contributed by atoms with Crippen molar-refractivity contribution in [3.8, 4) is 0 Å². The molecule has 0 spiro atoms. The Morgan fingerprint density at radius 3 is 2.80 bits per heavy atom. The van der Waals surface area contributed by atoms with Gasteiger partial charge in [-0.1, -0.05) is 22.9 Å². The van der Waals surface area contributed by atoms with Crippen molar-refractivity contribution in [2.24, 2.45) is 0 Å².